The molecule has 0 saturated heterocycles. The predicted molar refractivity (Wildman–Crippen MR) is 65.7 cm³/mol. The van der Waals surface area contributed by atoms with Crippen molar-refractivity contribution in [1.29, 1.82) is 0 Å². The number of nitrogens with zero attached hydrogens (tertiary/aromatic N) is 1. The van der Waals surface area contributed by atoms with Crippen molar-refractivity contribution in [3.05, 3.63) is 35.9 Å². The molecule has 16 heavy (non-hydrogen) atoms. The van der Waals surface area contributed by atoms with Crippen LogP contribution in [0.1, 0.15) is 19.4 Å². The lowest BCUT2D eigenvalue weighted by atomic mass is 10.0. The zero-order chi connectivity index (χ0) is 11.8. The summed E-state index contributed by atoms with van der Waals surface area (Å²) in [6.45, 7) is 3.10. The zero-order valence-corrected chi connectivity index (χ0v) is 9.88. The molecule has 1 aromatic carbocycles. The van der Waals surface area contributed by atoms with Crippen LogP contribution in [0.15, 0.2) is 35.3 Å². The van der Waals surface area contributed by atoms with Crippen molar-refractivity contribution in [3.63, 3.8) is 0 Å². The van der Waals surface area contributed by atoms with Crippen molar-refractivity contribution in [3.8, 4) is 0 Å². The summed E-state index contributed by atoms with van der Waals surface area (Å²) in [7, 11) is 0. The molecule has 0 saturated carbocycles. The van der Waals surface area contributed by atoms with Crippen LogP contribution < -0.4 is 0 Å². The first-order chi connectivity index (χ1) is 7.54. The maximum atomic E-state index is 11.5. The first-order valence-electron chi connectivity index (χ1n) is 4.92. The molecule has 0 aliphatic carbocycles. The highest BCUT2D eigenvalue weighted by Crippen LogP contribution is 2.25. The van der Waals surface area contributed by atoms with Crippen LogP contribution in [-0.4, -0.2) is 22.3 Å². The second kappa shape index (κ2) is 3.79. The number of thiocarbonyl (C=S) groups is 1. The van der Waals surface area contributed by atoms with Gasteiger partial charge >= 0.3 is 0 Å². The van der Waals surface area contributed by atoms with Gasteiger partial charge in [0, 0.05) is 5.56 Å². The third kappa shape index (κ3) is 1.65. The van der Waals surface area contributed by atoms with Crippen molar-refractivity contribution >= 4 is 28.9 Å². The van der Waals surface area contributed by atoms with Crippen LogP contribution >= 0.6 is 12.2 Å². The highest BCUT2D eigenvalue weighted by atomic mass is 32.1. The number of carbonyl (C=O) groups excluding carboxylic acids is 1. The number of ketones is 1. The fourth-order valence-corrected chi connectivity index (χ4v) is 1.65. The quantitative estimate of drug-likeness (QED) is 0.735. The van der Waals surface area contributed by atoms with Crippen LogP contribution in [0.4, 0.5) is 0 Å². The predicted octanol–water partition coefficient (Wildman–Crippen LogP) is 2.14. The lowest BCUT2D eigenvalue weighted by Gasteiger charge is -2.19. The van der Waals surface area contributed by atoms with Gasteiger partial charge in [-0.3, -0.25) is 4.79 Å². The first-order valence-corrected chi connectivity index (χ1v) is 5.33. The highest BCUT2D eigenvalue weighted by molar-refractivity contribution is 7.80. The summed E-state index contributed by atoms with van der Waals surface area (Å²) in [4.78, 5) is 15.9. The van der Waals surface area contributed by atoms with Crippen LogP contribution in [0, 0.1) is 0 Å². The first kappa shape index (κ1) is 11.0. The molecular weight excluding hydrogens is 222 g/mol. The molecule has 2 rings (SSSR count). The summed E-state index contributed by atoms with van der Waals surface area (Å²) in [6, 6.07) is 9.41. The topological polar surface area (TPSA) is 38.7 Å². The van der Waals surface area contributed by atoms with E-state index in [4.69, 9.17) is 17.0 Å². The van der Waals surface area contributed by atoms with E-state index in [0.29, 0.717) is 10.9 Å². The molecule has 0 fully saturated rings. The lowest BCUT2D eigenvalue weighted by Crippen LogP contribution is -2.40. The van der Waals surface area contributed by atoms with Crippen LogP contribution in [0.5, 0.6) is 0 Å². The number of ether oxygens (including phenoxy) is 1. The average Bonchev–Trinajstić information content (AvgIpc) is 2.58. The van der Waals surface area contributed by atoms with E-state index >= 15 is 0 Å². The van der Waals surface area contributed by atoms with Crippen LogP contribution in [-0.2, 0) is 9.53 Å². The molecule has 1 aliphatic rings. The van der Waals surface area contributed by atoms with Gasteiger partial charge in [-0.05, 0) is 26.0 Å². The third-order valence-electron chi connectivity index (χ3n) is 2.60. The zero-order valence-electron chi connectivity index (χ0n) is 9.06. The fraction of sp³-hybridized carbons (Fsp3) is 0.250. The summed E-state index contributed by atoms with van der Waals surface area (Å²) in [6.07, 6.45) is 0. The van der Waals surface area contributed by atoms with Gasteiger partial charge < -0.3 is 4.74 Å². The SMILES string of the molecule is CC(=O)C1(C)OC(c2ccccc2)=NC1=S. The van der Waals surface area contributed by atoms with Crippen molar-refractivity contribution < 1.29 is 9.53 Å². The Labute approximate surface area is 99.1 Å². The Morgan fingerprint density at radius 2 is 2.00 bits per heavy atom. The molecule has 0 N–H and O–H groups in total. The number of Topliss-reactive ketones (excluding diaryl/α,β-unsaturated/α-hetero) is 1. The van der Waals surface area contributed by atoms with Gasteiger partial charge in [0.15, 0.2) is 10.8 Å². The van der Waals surface area contributed by atoms with Gasteiger partial charge in [0.2, 0.25) is 11.5 Å². The average molecular weight is 233 g/mol. The summed E-state index contributed by atoms with van der Waals surface area (Å²) < 4.78 is 5.57. The number of aliphatic imine (C=N–C) groups is 1. The van der Waals surface area contributed by atoms with E-state index in [-0.39, 0.29) is 5.78 Å². The molecule has 1 unspecified atom stereocenters. The fourth-order valence-electron chi connectivity index (χ4n) is 1.39. The van der Waals surface area contributed by atoms with Gasteiger partial charge in [0.25, 0.3) is 0 Å². The molecule has 0 radical (unpaired) electrons. The molecular formula is C12H11NO2S. The van der Waals surface area contributed by atoms with E-state index in [1.807, 2.05) is 30.3 Å². The number of hydrogen-bond acceptors (Lipinski definition) is 3. The van der Waals surface area contributed by atoms with E-state index < -0.39 is 5.60 Å². The highest BCUT2D eigenvalue weighted by Gasteiger charge is 2.43. The van der Waals surface area contributed by atoms with Gasteiger partial charge in [0.05, 0.1) is 0 Å². The Bertz CT molecular complexity index is 481. The van der Waals surface area contributed by atoms with Gasteiger partial charge in [-0.25, -0.2) is 4.99 Å². The molecule has 4 heteroatoms. The molecule has 0 spiro atoms. The maximum absolute atomic E-state index is 11.5. The van der Waals surface area contributed by atoms with Gasteiger partial charge in [-0.15, -0.1) is 0 Å². The third-order valence-corrected chi connectivity index (χ3v) is 3.09. The maximum Gasteiger partial charge on any atom is 0.223 e. The summed E-state index contributed by atoms with van der Waals surface area (Å²) >= 11 is 5.07. The summed E-state index contributed by atoms with van der Waals surface area (Å²) in [5, 5.41) is 0. The Balaban J connectivity index is 2.34. The number of rotatable bonds is 2. The molecule has 1 atom stereocenters. The summed E-state index contributed by atoms with van der Waals surface area (Å²) in [5.74, 6) is 0.287. The minimum absolute atomic E-state index is 0.132. The molecule has 0 amide bonds. The molecule has 3 nitrogen and oxygen atoms in total. The largest absolute Gasteiger partial charge is 0.455 e. The van der Waals surface area contributed by atoms with Crippen molar-refractivity contribution in [2.45, 2.75) is 19.4 Å². The smallest absolute Gasteiger partial charge is 0.223 e. The molecule has 1 aromatic rings. The standard InChI is InChI=1S/C12H11NO2S/c1-8(14)12(2)11(16)13-10(15-12)9-6-4-3-5-7-9/h3-7H,1-2H3. The normalized spacial score (nSPS) is 23.9. The van der Waals surface area contributed by atoms with Crippen molar-refractivity contribution in [1.82, 2.24) is 0 Å². The molecule has 1 aliphatic heterocycles. The number of carbonyl (C=O) groups is 1. The molecule has 0 bridgehead atoms. The van der Waals surface area contributed by atoms with Crippen molar-refractivity contribution in [2.24, 2.45) is 4.99 Å². The summed E-state index contributed by atoms with van der Waals surface area (Å²) in [5.41, 5.74) is -0.254. The van der Waals surface area contributed by atoms with Crippen LogP contribution in [0.2, 0.25) is 0 Å². The second-order valence-corrected chi connectivity index (χ2v) is 4.17. The van der Waals surface area contributed by atoms with E-state index in [9.17, 15) is 4.79 Å². The van der Waals surface area contributed by atoms with Gasteiger partial charge in [-0.2, -0.15) is 0 Å². The Hall–Kier alpha value is -1.55. The van der Waals surface area contributed by atoms with E-state index in [2.05, 4.69) is 4.99 Å². The number of benzene rings is 1. The van der Waals surface area contributed by atoms with Gasteiger partial charge in [0.1, 0.15) is 0 Å². The minimum atomic E-state index is -1.08. The lowest BCUT2D eigenvalue weighted by molar-refractivity contribution is -0.126. The van der Waals surface area contributed by atoms with E-state index in [1.54, 1.807) is 6.92 Å². The van der Waals surface area contributed by atoms with E-state index in [1.165, 1.54) is 6.92 Å². The van der Waals surface area contributed by atoms with Crippen molar-refractivity contribution in [2.75, 3.05) is 0 Å². The Morgan fingerprint density at radius 1 is 1.38 bits per heavy atom. The van der Waals surface area contributed by atoms with Crippen LogP contribution in [0.3, 0.4) is 0 Å². The van der Waals surface area contributed by atoms with E-state index in [0.717, 1.165) is 5.56 Å². The van der Waals surface area contributed by atoms with Crippen LogP contribution in [0.25, 0.3) is 0 Å². The molecule has 1 heterocycles. The molecule has 0 aromatic heterocycles. The number of hydrogen-bond donors (Lipinski definition) is 0. The van der Waals surface area contributed by atoms with Gasteiger partial charge in [-0.1, -0.05) is 30.4 Å². The monoisotopic (exact) mass is 233 g/mol. The second-order valence-electron chi connectivity index (χ2n) is 3.78. The Morgan fingerprint density at radius 3 is 2.50 bits per heavy atom. The minimum Gasteiger partial charge on any atom is -0.455 e. The molecule has 82 valence electrons. The Kier molecular flexibility index (Phi) is 2.59.